The average molecular weight is 283 g/mol. The van der Waals surface area contributed by atoms with Gasteiger partial charge in [0, 0.05) is 12.3 Å². The van der Waals surface area contributed by atoms with Gasteiger partial charge in [-0.3, -0.25) is 15.1 Å². The molecule has 1 aromatic heterocycles. The van der Waals surface area contributed by atoms with Crippen molar-refractivity contribution in [2.24, 2.45) is 4.99 Å². The number of nitro groups is 1. The lowest BCUT2D eigenvalue weighted by Gasteiger charge is -2.00. The zero-order chi connectivity index (χ0) is 14.8. The summed E-state index contributed by atoms with van der Waals surface area (Å²) in [6.45, 7) is 0. The van der Waals surface area contributed by atoms with E-state index in [9.17, 15) is 15.2 Å². The molecule has 3 aromatic rings. The highest BCUT2D eigenvalue weighted by molar-refractivity contribution is 5.91. The van der Waals surface area contributed by atoms with Crippen LogP contribution in [0.2, 0.25) is 0 Å². The summed E-state index contributed by atoms with van der Waals surface area (Å²) in [5, 5.41) is 31.0. The molecule has 104 valence electrons. The first-order valence-electron chi connectivity index (χ1n) is 5.96. The highest BCUT2D eigenvalue weighted by Gasteiger charge is 2.15. The van der Waals surface area contributed by atoms with Crippen molar-refractivity contribution >= 4 is 28.6 Å². The molecule has 8 nitrogen and oxygen atoms in total. The normalized spacial score (nSPS) is 11.2. The Kier molecular flexibility index (Phi) is 3.03. The Morgan fingerprint density at radius 2 is 2.05 bits per heavy atom. The van der Waals surface area contributed by atoms with Crippen molar-refractivity contribution in [1.82, 2.24) is 15.4 Å². The highest BCUT2D eigenvalue weighted by atomic mass is 16.6. The summed E-state index contributed by atoms with van der Waals surface area (Å²) in [6, 6.07) is 9.20. The standard InChI is InChI=1S/C13H9N5O3/c19-13-3-1-2-12(18(20)21)9(13)7-14-8-4-5-10-11(6-8)16-17-15-10/h1-7,19H,(H,15,16,17). The van der Waals surface area contributed by atoms with Crippen LogP contribution < -0.4 is 0 Å². The van der Waals surface area contributed by atoms with Gasteiger partial charge in [-0.2, -0.15) is 15.4 Å². The minimum absolute atomic E-state index is 0.0581. The van der Waals surface area contributed by atoms with Crippen molar-refractivity contribution in [2.45, 2.75) is 0 Å². The van der Waals surface area contributed by atoms with E-state index >= 15 is 0 Å². The predicted molar refractivity (Wildman–Crippen MR) is 75.9 cm³/mol. The molecule has 0 aliphatic carbocycles. The molecule has 0 aliphatic rings. The van der Waals surface area contributed by atoms with Crippen LogP contribution in [0, 0.1) is 10.1 Å². The molecule has 0 amide bonds. The molecule has 0 saturated carbocycles. The molecule has 0 radical (unpaired) electrons. The minimum Gasteiger partial charge on any atom is -0.507 e. The summed E-state index contributed by atoms with van der Waals surface area (Å²) >= 11 is 0. The number of hydrogen-bond donors (Lipinski definition) is 2. The molecule has 0 spiro atoms. The van der Waals surface area contributed by atoms with E-state index in [0.29, 0.717) is 16.7 Å². The molecular weight excluding hydrogens is 274 g/mol. The maximum absolute atomic E-state index is 10.9. The lowest BCUT2D eigenvalue weighted by molar-refractivity contribution is -0.385. The minimum atomic E-state index is -0.568. The molecule has 0 fully saturated rings. The molecule has 0 atom stereocenters. The van der Waals surface area contributed by atoms with E-state index in [1.165, 1.54) is 24.4 Å². The Balaban J connectivity index is 2.01. The number of nitrogens with one attached hydrogen (secondary N) is 1. The molecule has 3 rings (SSSR count). The maximum atomic E-state index is 10.9. The van der Waals surface area contributed by atoms with E-state index in [1.807, 2.05) is 0 Å². The van der Waals surface area contributed by atoms with Crippen LogP contribution in [0.4, 0.5) is 11.4 Å². The van der Waals surface area contributed by atoms with E-state index < -0.39 is 4.92 Å². The number of H-pyrrole nitrogens is 1. The summed E-state index contributed by atoms with van der Waals surface area (Å²) in [5.41, 5.74) is 1.73. The fourth-order valence-electron chi connectivity index (χ4n) is 1.88. The van der Waals surface area contributed by atoms with E-state index in [-0.39, 0.29) is 17.0 Å². The van der Waals surface area contributed by atoms with Gasteiger partial charge in [-0.25, -0.2) is 0 Å². The third-order valence-corrected chi connectivity index (χ3v) is 2.90. The number of aliphatic imine (C=N–C) groups is 1. The average Bonchev–Trinajstić information content (AvgIpc) is 2.93. The van der Waals surface area contributed by atoms with E-state index in [0.717, 1.165) is 0 Å². The monoisotopic (exact) mass is 283 g/mol. The Labute approximate surface area is 117 Å². The molecule has 0 unspecified atom stereocenters. The van der Waals surface area contributed by atoms with Gasteiger partial charge >= 0.3 is 0 Å². The van der Waals surface area contributed by atoms with Crippen LogP contribution in [0.25, 0.3) is 11.0 Å². The van der Waals surface area contributed by atoms with Crippen LogP contribution >= 0.6 is 0 Å². The molecule has 0 saturated heterocycles. The van der Waals surface area contributed by atoms with Gasteiger partial charge in [0.05, 0.1) is 10.6 Å². The van der Waals surface area contributed by atoms with Crippen molar-refractivity contribution in [3.63, 3.8) is 0 Å². The number of rotatable bonds is 3. The van der Waals surface area contributed by atoms with Crippen LogP contribution in [0.1, 0.15) is 5.56 Å². The van der Waals surface area contributed by atoms with Gasteiger partial charge < -0.3 is 5.11 Å². The number of aromatic amines is 1. The number of phenols is 1. The lowest BCUT2D eigenvalue weighted by atomic mass is 10.1. The Morgan fingerprint density at radius 3 is 2.86 bits per heavy atom. The summed E-state index contributed by atoms with van der Waals surface area (Å²) in [4.78, 5) is 14.5. The van der Waals surface area contributed by atoms with Crippen molar-refractivity contribution in [3.05, 3.63) is 52.1 Å². The summed E-state index contributed by atoms with van der Waals surface area (Å²) < 4.78 is 0. The summed E-state index contributed by atoms with van der Waals surface area (Å²) in [6.07, 6.45) is 1.26. The molecule has 0 aliphatic heterocycles. The number of aromatic hydroxyl groups is 1. The van der Waals surface area contributed by atoms with E-state index in [2.05, 4.69) is 20.4 Å². The zero-order valence-electron chi connectivity index (χ0n) is 10.6. The quantitative estimate of drug-likeness (QED) is 0.434. The van der Waals surface area contributed by atoms with E-state index in [1.54, 1.807) is 18.2 Å². The number of fused-ring (bicyclic) bond motifs is 1. The fourth-order valence-corrected chi connectivity index (χ4v) is 1.88. The van der Waals surface area contributed by atoms with Crippen LogP contribution in [-0.2, 0) is 0 Å². The second kappa shape index (κ2) is 5.00. The number of hydrogen-bond acceptors (Lipinski definition) is 6. The van der Waals surface area contributed by atoms with Gasteiger partial charge in [0.25, 0.3) is 5.69 Å². The maximum Gasteiger partial charge on any atom is 0.281 e. The number of benzene rings is 2. The van der Waals surface area contributed by atoms with Crippen molar-refractivity contribution < 1.29 is 10.0 Å². The zero-order valence-corrected chi connectivity index (χ0v) is 10.6. The first kappa shape index (κ1) is 12.7. The topological polar surface area (TPSA) is 117 Å². The lowest BCUT2D eigenvalue weighted by Crippen LogP contribution is -1.94. The second-order valence-electron chi connectivity index (χ2n) is 4.22. The van der Waals surface area contributed by atoms with Gasteiger partial charge in [0.15, 0.2) is 0 Å². The van der Waals surface area contributed by atoms with Crippen molar-refractivity contribution in [2.75, 3.05) is 0 Å². The first-order chi connectivity index (χ1) is 10.1. The Bertz CT molecular complexity index is 856. The fraction of sp³-hybridized carbons (Fsp3) is 0. The van der Waals surface area contributed by atoms with Crippen LogP contribution in [-0.4, -0.2) is 31.7 Å². The predicted octanol–water partition coefficient (Wildman–Crippen LogP) is 2.32. The number of phenolic OH excluding ortho intramolecular Hbond substituents is 1. The molecule has 1 heterocycles. The Hall–Kier alpha value is -3.29. The smallest absolute Gasteiger partial charge is 0.281 e. The summed E-state index contributed by atoms with van der Waals surface area (Å²) in [5.74, 6) is -0.199. The van der Waals surface area contributed by atoms with Crippen molar-refractivity contribution in [1.29, 1.82) is 0 Å². The van der Waals surface area contributed by atoms with Gasteiger partial charge in [0.2, 0.25) is 0 Å². The third-order valence-electron chi connectivity index (χ3n) is 2.90. The van der Waals surface area contributed by atoms with Crippen LogP contribution in [0.15, 0.2) is 41.4 Å². The molecular formula is C13H9N5O3. The largest absolute Gasteiger partial charge is 0.507 e. The Morgan fingerprint density at radius 1 is 1.24 bits per heavy atom. The molecule has 0 bridgehead atoms. The number of nitrogens with zero attached hydrogens (tertiary/aromatic N) is 4. The van der Waals surface area contributed by atoms with Gasteiger partial charge in [-0.1, -0.05) is 6.07 Å². The highest BCUT2D eigenvalue weighted by Crippen LogP contribution is 2.26. The second-order valence-corrected chi connectivity index (χ2v) is 4.22. The van der Waals surface area contributed by atoms with E-state index in [4.69, 9.17) is 0 Å². The van der Waals surface area contributed by atoms with Crippen molar-refractivity contribution in [3.8, 4) is 5.75 Å². The van der Waals surface area contributed by atoms with Crippen LogP contribution in [0.5, 0.6) is 5.75 Å². The summed E-state index contributed by atoms with van der Waals surface area (Å²) in [7, 11) is 0. The SMILES string of the molecule is O=[N+]([O-])c1cccc(O)c1C=Nc1ccc2n[nH]nc2c1. The molecule has 21 heavy (non-hydrogen) atoms. The molecule has 8 heteroatoms. The number of aromatic nitrogens is 3. The van der Waals surface area contributed by atoms with Gasteiger partial charge in [-0.15, -0.1) is 0 Å². The van der Waals surface area contributed by atoms with Gasteiger partial charge in [-0.05, 0) is 24.3 Å². The molecule has 2 aromatic carbocycles. The number of nitro benzene ring substituents is 1. The van der Waals surface area contributed by atoms with Gasteiger partial charge in [0.1, 0.15) is 22.3 Å². The molecule has 2 N–H and O–H groups in total. The third kappa shape index (κ3) is 2.41. The first-order valence-corrected chi connectivity index (χ1v) is 5.96. The van der Waals surface area contributed by atoms with Crippen LogP contribution in [0.3, 0.4) is 0 Å².